The molecule has 1 aromatic rings. The first-order valence-corrected chi connectivity index (χ1v) is 5.69. The first kappa shape index (κ1) is 12.4. The summed E-state index contributed by atoms with van der Waals surface area (Å²) in [5.41, 5.74) is 1.33. The summed E-state index contributed by atoms with van der Waals surface area (Å²) in [5.74, 6) is -0.842. The Morgan fingerprint density at radius 1 is 1.39 bits per heavy atom. The average Bonchev–Trinajstić information content (AvgIpc) is 2.36. The molecule has 0 spiro atoms. The zero-order valence-electron chi connectivity index (χ0n) is 10.3. The van der Waals surface area contributed by atoms with Crippen LogP contribution in [0.3, 0.4) is 0 Å². The van der Waals surface area contributed by atoms with E-state index in [2.05, 4.69) is 0 Å². The number of benzene rings is 1. The first-order valence-electron chi connectivity index (χ1n) is 5.69. The zero-order valence-corrected chi connectivity index (χ0v) is 10.3. The summed E-state index contributed by atoms with van der Waals surface area (Å²) >= 11 is 0. The smallest absolute Gasteiger partial charge is 0.310 e. The Hall–Kier alpha value is -2.04. The monoisotopic (exact) mass is 249 g/mol. The Balaban J connectivity index is 2.29. The number of amides is 1. The summed E-state index contributed by atoms with van der Waals surface area (Å²) in [6.07, 6.45) is 0.402. The number of carboxylic acid groups (broad SMARTS) is 1. The maximum atomic E-state index is 11.8. The molecule has 5 nitrogen and oxygen atoms in total. The molecule has 18 heavy (non-hydrogen) atoms. The molecule has 1 aliphatic heterocycles. The lowest BCUT2D eigenvalue weighted by Crippen LogP contribution is -2.28. The van der Waals surface area contributed by atoms with Crippen molar-refractivity contribution < 1.29 is 19.4 Å². The van der Waals surface area contributed by atoms with Crippen molar-refractivity contribution in [2.75, 3.05) is 20.7 Å². The second kappa shape index (κ2) is 4.68. The highest BCUT2D eigenvalue weighted by atomic mass is 16.5. The van der Waals surface area contributed by atoms with Gasteiger partial charge in [0.05, 0.1) is 5.92 Å². The van der Waals surface area contributed by atoms with Crippen molar-refractivity contribution in [1.82, 2.24) is 4.90 Å². The Kier molecular flexibility index (Phi) is 3.23. The number of hydrogen-bond donors (Lipinski definition) is 1. The van der Waals surface area contributed by atoms with Crippen LogP contribution in [0.25, 0.3) is 0 Å². The average molecular weight is 249 g/mol. The van der Waals surface area contributed by atoms with E-state index < -0.39 is 11.9 Å². The number of rotatable bonds is 2. The molecule has 1 heterocycles. The van der Waals surface area contributed by atoms with Gasteiger partial charge in [-0.2, -0.15) is 0 Å². The predicted octanol–water partition coefficient (Wildman–Crippen LogP) is 1.02. The molecule has 0 aromatic heterocycles. The van der Waals surface area contributed by atoms with Crippen molar-refractivity contribution in [2.45, 2.75) is 6.42 Å². The summed E-state index contributed by atoms with van der Waals surface area (Å²) in [6.45, 7) is 0.184. The van der Waals surface area contributed by atoms with Gasteiger partial charge in [-0.3, -0.25) is 9.59 Å². The molecule has 0 bridgehead atoms. The molecule has 0 saturated carbocycles. The van der Waals surface area contributed by atoms with Crippen molar-refractivity contribution in [1.29, 1.82) is 0 Å². The second-order valence-corrected chi connectivity index (χ2v) is 4.57. The Bertz CT molecular complexity index is 496. The van der Waals surface area contributed by atoms with Gasteiger partial charge in [0.1, 0.15) is 12.4 Å². The molecule has 1 atom stereocenters. The Labute approximate surface area is 105 Å². The number of nitrogens with zero attached hydrogens (tertiary/aromatic N) is 1. The fourth-order valence-electron chi connectivity index (χ4n) is 1.94. The Morgan fingerprint density at radius 3 is 2.72 bits per heavy atom. The third kappa shape index (κ3) is 2.30. The summed E-state index contributed by atoms with van der Waals surface area (Å²) in [6, 6.07) is 5.14. The number of hydrogen-bond acceptors (Lipinski definition) is 3. The number of ether oxygens (including phenoxy) is 1. The van der Waals surface area contributed by atoms with Crippen molar-refractivity contribution in [3.05, 3.63) is 29.3 Å². The first-order chi connectivity index (χ1) is 8.49. The molecule has 0 aliphatic carbocycles. The fraction of sp³-hybridized carbons (Fsp3) is 0.385. The number of carbonyl (C=O) groups excluding carboxylic acids is 1. The number of carbonyl (C=O) groups is 2. The number of aliphatic carboxylic acids is 1. The van der Waals surface area contributed by atoms with E-state index in [0.29, 0.717) is 17.7 Å². The van der Waals surface area contributed by atoms with Crippen LogP contribution in [0.15, 0.2) is 18.2 Å². The number of fused-ring (bicyclic) bond motifs is 1. The van der Waals surface area contributed by atoms with Crippen LogP contribution in [0.1, 0.15) is 15.9 Å². The molecule has 0 radical (unpaired) electrons. The third-order valence-corrected chi connectivity index (χ3v) is 2.97. The van der Waals surface area contributed by atoms with E-state index in [1.807, 2.05) is 0 Å². The summed E-state index contributed by atoms with van der Waals surface area (Å²) in [5, 5.41) is 8.98. The Morgan fingerprint density at radius 2 is 2.11 bits per heavy atom. The van der Waals surface area contributed by atoms with Gasteiger partial charge in [-0.1, -0.05) is 0 Å². The van der Waals surface area contributed by atoms with Gasteiger partial charge in [-0.15, -0.1) is 0 Å². The van der Waals surface area contributed by atoms with Gasteiger partial charge in [0, 0.05) is 19.7 Å². The molecule has 96 valence electrons. The summed E-state index contributed by atoms with van der Waals surface area (Å²) in [7, 11) is 3.36. The van der Waals surface area contributed by atoms with Gasteiger partial charge in [-0.05, 0) is 30.2 Å². The van der Waals surface area contributed by atoms with Crippen LogP contribution in [-0.2, 0) is 11.2 Å². The highest BCUT2D eigenvalue weighted by Crippen LogP contribution is 2.28. The van der Waals surface area contributed by atoms with Crippen molar-refractivity contribution in [3.63, 3.8) is 0 Å². The molecule has 5 heteroatoms. The van der Waals surface area contributed by atoms with Crippen molar-refractivity contribution in [2.24, 2.45) is 5.92 Å². The summed E-state index contributed by atoms with van der Waals surface area (Å²) in [4.78, 5) is 24.2. The molecular weight excluding hydrogens is 234 g/mol. The van der Waals surface area contributed by atoms with Crippen LogP contribution in [0.5, 0.6) is 5.75 Å². The van der Waals surface area contributed by atoms with Gasteiger partial charge in [0.25, 0.3) is 5.91 Å². The van der Waals surface area contributed by atoms with Crippen LogP contribution in [0, 0.1) is 5.92 Å². The fourth-order valence-corrected chi connectivity index (χ4v) is 1.94. The molecule has 2 rings (SSSR count). The van der Waals surface area contributed by atoms with Gasteiger partial charge in [0.15, 0.2) is 0 Å². The van der Waals surface area contributed by atoms with Crippen LogP contribution in [0.2, 0.25) is 0 Å². The van der Waals surface area contributed by atoms with E-state index >= 15 is 0 Å². The lowest BCUT2D eigenvalue weighted by molar-refractivity contribution is -0.143. The molecule has 1 aliphatic rings. The molecule has 1 amide bonds. The van der Waals surface area contributed by atoms with Gasteiger partial charge in [-0.25, -0.2) is 0 Å². The maximum Gasteiger partial charge on any atom is 0.310 e. The van der Waals surface area contributed by atoms with Gasteiger partial charge >= 0.3 is 5.97 Å². The maximum absolute atomic E-state index is 11.8. The third-order valence-electron chi connectivity index (χ3n) is 2.97. The van der Waals surface area contributed by atoms with Crippen LogP contribution in [-0.4, -0.2) is 42.6 Å². The van der Waals surface area contributed by atoms with Crippen molar-refractivity contribution >= 4 is 11.9 Å². The van der Waals surface area contributed by atoms with E-state index in [9.17, 15) is 9.59 Å². The van der Waals surface area contributed by atoms with E-state index in [-0.39, 0.29) is 12.5 Å². The highest BCUT2D eigenvalue weighted by molar-refractivity contribution is 5.94. The minimum absolute atomic E-state index is 0.102. The predicted molar refractivity (Wildman–Crippen MR) is 64.8 cm³/mol. The largest absolute Gasteiger partial charge is 0.492 e. The SMILES string of the molecule is CN(C)C(=O)c1ccc2c(c1)CC(C(=O)O)CO2. The molecule has 0 saturated heterocycles. The molecule has 1 unspecified atom stereocenters. The molecule has 0 fully saturated rings. The summed E-state index contributed by atoms with van der Waals surface area (Å²) < 4.78 is 5.39. The van der Waals surface area contributed by atoms with E-state index in [4.69, 9.17) is 9.84 Å². The minimum atomic E-state index is -0.870. The normalized spacial score (nSPS) is 17.6. The highest BCUT2D eigenvalue weighted by Gasteiger charge is 2.26. The van der Waals surface area contributed by atoms with E-state index in [0.717, 1.165) is 5.56 Å². The van der Waals surface area contributed by atoms with Gasteiger partial charge < -0.3 is 14.7 Å². The zero-order chi connectivity index (χ0) is 13.3. The van der Waals surface area contributed by atoms with Crippen LogP contribution in [0.4, 0.5) is 0 Å². The standard InChI is InChI=1S/C13H15NO4/c1-14(2)12(15)8-3-4-11-9(5-8)6-10(7-18-11)13(16)17/h3-5,10H,6-7H2,1-2H3,(H,16,17). The van der Waals surface area contributed by atoms with Crippen molar-refractivity contribution in [3.8, 4) is 5.75 Å². The topological polar surface area (TPSA) is 66.8 Å². The lowest BCUT2D eigenvalue weighted by Gasteiger charge is -2.23. The van der Waals surface area contributed by atoms with Crippen LogP contribution >= 0.6 is 0 Å². The van der Waals surface area contributed by atoms with Gasteiger partial charge in [0.2, 0.25) is 0 Å². The lowest BCUT2D eigenvalue weighted by atomic mass is 9.95. The van der Waals surface area contributed by atoms with E-state index in [1.165, 1.54) is 4.90 Å². The quantitative estimate of drug-likeness (QED) is 0.850. The molecule has 1 aromatic carbocycles. The molecule has 1 N–H and O–H groups in total. The minimum Gasteiger partial charge on any atom is -0.492 e. The molecular formula is C13H15NO4. The second-order valence-electron chi connectivity index (χ2n) is 4.57. The number of carboxylic acids is 1. The van der Waals surface area contributed by atoms with Crippen LogP contribution < -0.4 is 4.74 Å². The van der Waals surface area contributed by atoms with E-state index in [1.54, 1.807) is 32.3 Å².